The van der Waals surface area contributed by atoms with E-state index in [1.54, 1.807) is 24.3 Å². The van der Waals surface area contributed by atoms with Gasteiger partial charge in [-0.25, -0.2) is 0 Å². The Morgan fingerprint density at radius 3 is 2.79 bits per heavy atom. The molecule has 0 unspecified atom stereocenters. The molecule has 5 heteroatoms. The van der Waals surface area contributed by atoms with Crippen molar-refractivity contribution in [3.05, 3.63) is 56.2 Å². The van der Waals surface area contributed by atoms with Gasteiger partial charge in [0.25, 0.3) is 5.91 Å². The molecule has 0 aliphatic heterocycles. The second kappa shape index (κ2) is 6.63. The van der Waals surface area contributed by atoms with Crippen LogP contribution in [0.4, 0.5) is 0 Å². The molecule has 0 saturated carbocycles. The van der Waals surface area contributed by atoms with Gasteiger partial charge in [0.1, 0.15) is 0 Å². The molecule has 1 amide bonds. The number of hydrogen-bond donors (Lipinski definition) is 1. The summed E-state index contributed by atoms with van der Waals surface area (Å²) in [6, 6.07) is 10.6. The Morgan fingerprint density at radius 1 is 1.26 bits per heavy atom. The van der Waals surface area contributed by atoms with E-state index >= 15 is 0 Å². The van der Waals surface area contributed by atoms with E-state index in [1.807, 2.05) is 12.1 Å². The third kappa shape index (κ3) is 4.29. The first-order valence-electron chi connectivity index (χ1n) is 5.43. The summed E-state index contributed by atoms with van der Waals surface area (Å²) in [7, 11) is 0. The lowest BCUT2D eigenvalue weighted by atomic mass is 10.2. The Bertz CT molecular complexity index is 655. The molecule has 2 nitrogen and oxygen atoms in total. The lowest BCUT2D eigenvalue weighted by Crippen LogP contribution is -2.22. The van der Waals surface area contributed by atoms with Crippen LogP contribution in [0.25, 0.3) is 0 Å². The largest absolute Gasteiger partial charge is 0.340 e. The zero-order valence-corrected chi connectivity index (χ0v) is 12.1. The summed E-state index contributed by atoms with van der Waals surface area (Å²) in [5.74, 6) is 5.62. The fraction of sp³-hybridized carbons (Fsp3) is 0.0714. The van der Waals surface area contributed by atoms with Crippen molar-refractivity contribution in [2.45, 2.75) is 0 Å². The van der Waals surface area contributed by atoms with E-state index in [4.69, 9.17) is 23.2 Å². The van der Waals surface area contributed by atoms with Gasteiger partial charge >= 0.3 is 0 Å². The topological polar surface area (TPSA) is 29.1 Å². The van der Waals surface area contributed by atoms with Crippen molar-refractivity contribution < 1.29 is 4.79 Å². The van der Waals surface area contributed by atoms with E-state index in [9.17, 15) is 4.79 Å². The first kappa shape index (κ1) is 14.0. The van der Waals surface area contributed by atoms with Gasteiger partial charge in [-0.3, -0.25) is 4.79 Å². The molecule has 0 aliphatic carbocycles. The Balaban J connectivity index is 1.89. The number of carbonyl (C=O) groups is 1. The maximum absolute atomic E-state index is 11.7. The lowest BCUT2D eigenvalue weighted by molar-refractivity contribution is 0.0962. The zero-order chi connectivity index (χ0) is 13.7. The van der Waals surface area contributed by atoms with Crippen LogP contribution in [-0.4, -0.2) is 12.5 Å². The summed E-state index contributed by atoms with van der Waals surface area (Å²) < 4.78 is 0.593. The lowest BCUT2D eigenvalue weighted by Gasteiger charge is -1.96. The van der Waals surface area contributed by atoms with Gasteiger partial charge in [0, 0.05) is 10.6 Å². The highest BCUT2D eigenvalue weighted by molar-refractivity contribution is 7.17. The summed E-state index contributed by atoms with van der Waals surface area (Å²) in [5, 5.41) is 3.35. The predicted molar refractivity (Wildman–Crippen MR) is 80.0 cm³/mol. The van der Waals surface area contributed by atoms with Gasteiger partial charge in [-0.05, 0) is 30.3 Å². The van der Waals surface area contributed by atoms with E-state index in [1.165, 1.54) is 11.3 Å². The van der Waals surface area contributed by atoms with Gasteiger partial charge < -0.3 is 5.32 Å². The van der Waals surface area contributed by atoms with Crippen molar-refractivity contribution in [1.29, 1.82) is 0 Å². The van der Waals surface area contributed by atoms with Crippen LogP contribution in [0.1, 0.15) is 15.2 Å². The molecule has 0 saturated heterocycles. The smallest absolute Gasteiger partial charge is 0.262 e. The van der Waals surface area contributed by atoms with Crippen LogP contribution >= 0.6 is 34.5 Å². The first-order valence-corrected chi connectivity index (χ1v) is 7.00. The van der Waals surface area contributed by atoms with Gasteiger partial charge in [-0.2, -0.15) is 0 Å². The molecular weight excluding hydrogens is 301 g/mol. The first-order chi connectivity index (χ1) is 9.15. The second-order valence-electron chi connectivity index (χ2n) is 3.60. The maximum Gasteiger partial charge on any atom is 0.262 e. The maximum atomic E-state index is 11.7. The summed E-state index contributed by atoms with van der Waals surface area (Å²) >= 11 is 12.8. The molecular formula is C14H9Cl2NOS. The standard InChI is InChI=1S/C14H9Cl2NOS/c15-11-5-1-3-10(9-11)4-2-8-17-14(18)12-6-7-13(16)19-12/h1,3,5-7,9H,8H2,(H,17,18). The normalized spacial score (nSPS) is 9.58. The van der Waals surface area contributed by atoms with Crippen molar-refractivity contribution >= 4 is 40.4 Å². The Labute approximate surface area is 125 Å². The van der Waals surface area contributed by atoms with Crippen molar-refractivity contribution in [3.63, 3.8) is 0 Å². The molecule has 2 aromatic rings. The molecule has 1 N–H and O–H groups in total. The van der Waals surface area contributed by atoms with Crippen LogP contribution in [0.2, 0.25) is 9.36 Å². The van der Waals surface area contributed by atoms with Crippen LogP contribution in [0.3, 0.4) is 0 Å². The number of nitrogens with one attached hydrogen (secondary N) is 1. The molecule has 0 spiro atoms. The summed E-state index contributed by atoms with van der Waals surface area (Å²) in [6.07, 6.45) is 0. The molecule has 0 bridgehead atoms. The van der Waals surface area contributed by atoms with E-state index in [0.29, 0.717) is 14.2 Å². The van der Waals surface area contributed by atoms with E-state index < -0.39 is 0 Å². The third-order valence-corrected chi connectivity index (χ3v) is 3.66. The third-order valence-electron chi connectivity index (χ3n) is 2.19. The number of amides is 1. The second-order valence-corrected chi connectivity index (χ2v) is 5.75. The highest BCUT2D eigenvalue weighted by Crippen LogP contribution is 2.20. The minimum Gasteiger partial charge on any atom is -0.340 e. The number of thiophene rings is 1. The summed E-state index contributed by atoms with van der Waals surface area (Å²) in [5.41, 5.74) is 0.820. The van der Waals surface area contributed by atoms with Crippen molar-refractivity contribution in [1.82, 2.24) is 5.32 Å². The Kier molecular flexibility index (Phi) is 4.86. The van der Waals surface area contributed by atoms with Crippen LogP contribution < -0.4 is 5.32 Å². The summed E-state index contributed by atoms with van der Waals surface area (Å²) in [4.78, 5) is 12.3. The molecule has 2 rings (SSSR count). The number of rotatable bonds is 2. The fourth-order valence-corrected chi connectivity index (χ4v) is 2.51. The predicted octanol–water partition coefficient (Wildman–Crippen LogP) is 3.84. The van der Waals surface area contributed by atoms with E-state index in [0.717, 1.165) is 5.56 Å². The highest BCUT2D eigenvalue weighted by Gasteiger charge is 2.06. The quantitative estimate of drug-likeness (QED) is 0.839. The molecule has 1 aromatic heterocycles. The molecule has 0 fully saturated rings. The van der Waals surface area contributed by atoms with Gasteiger partial charge in [-0.15, -0.1) is 11.3 Å². The van der Waals surface area contributed by atoms with E-state index in [-0.39, 0.29) is 12.5 Å². The van der Waals surface area contributed by atoms with Gasteiger partial charge in [0.15, 0.2) is 0 Å². The minimum atomic E-state index is -0.169. The molecule has 0 radical (unpaired) electrons. The number of halogens is 2. The van der Waals surface area contributed by atoms with E-state index in [2.05, 4.69) is 17.2 Å². The average molecular weight is 310 g/mol. The number of carbonyl (C=O) groups excluding carboxylic acids is 1. The molecule has 19 heavy (non-hydrogen) atoms. The minimum absolute atomic E-state index is 0.169. The number of benzene rings is 1. The van der Waals surface area contributed by atoms with Gasteiger partial charge in [0.2, 0.25) is 0 Å². The molecule has 1 aromatic carbocycles. The zero-order valence-electron chi connectivity index (χ0n) is 9.74. The molecule has 0 aliphatic rings. The van der Waals surface area contributed by atoms with Crippen LogP contribution in [-0.2, 0) is 0 Å². The van der Waals surface area contributed by atoms with Crippen molar-refractivity contribution in [3.8, 4) is 11.8 Å². The van der Waals surface area contributed by atoms with Crippen molar-refractivity contribution in [2.24, 2.45) is 0 Å². The number of hydrogen-bond acceptors (Lipinski definition) is 2. The Hall–Kier alpha value is -1.47. The fourth-order valence-electron chi connectivity index (χ4n) is 1.36. The van der Waals surface area contributed by atoms with Crippen LogP contribution in [0.15, 0.2) is 36.4 Å². The molecule has 0 atom stereocenters. The van der Waals surface area contributed by atoms with Crippen molar-refractivity contribution in [2.75, 3.05) is 6.54 Å². The molecule has 96 valence electrons. The van der Waals surface area contributed by atoms with Crippen LogP contribution in [0, 0.1) is 11.8 Å². The summed E-state index contributed by atoms with van der Waals surface area (Å²) in [6.45, 7) is 0.279. The van der Waals surface area contributed by atoms with Gasteiger partial charge in [0.05, 0.1) is 15.8 Å². The monoisotopic (exact) mass is 309 g/mol. The molecule has 1 heterocycles. The Morgan fingerprint density at radius 2 is 2.11 bits per heavy atom. The van der Waals surface area contributed by atoms with Gasteiger partial charge in [-0.1, -0.05) is 41.1 Å². The SMILES string of the molecule is O=C(NCC#Cc1cccc(Cl)c1)c1ccc(Cl)s1. The average Bonchev–Trinajstić information content (AvgIpc) is 2.81. The highest BCUT2D eigenvalue weighted by atomic mass is 35.5. The van der Waals surface area contributed by atoms with Crippen LogP contribution in [0.5, 0.6) is 0 Å².